The summed E-state index contributed by atoms with van der Waals surface area (Å²) in [6.45, 7) is 0.531. The fraction of sp³-hybridized carbons (Fsp3) is 0.176. The number of hydrogen-bond acceptors (Lipinski definition) is 3. The van der Waals surface area contributed by atoms with E-state index in [9.17, 15) is 9.90 Å². The van der Waals surface area contributed by atoms with Crippen LogP contribution in [0.2, 0.25) is 0 Å². The molecule has 1 amide bonds. The van der Waals surface area contributed by atoms with Crippen LogP contribution in [-0.2, 0) is 12.8 Å². The van der Waals surface area contributed by atoms with Crippen molar-refractivity contribution in [1.29, 1.82) is 5.26 Å². The SMILES string of the molecule is N#CCc1ccc(C(=O)NCCc2ccc(O)cc2)cc1. The zero-order valence-corrected chi connectivity index (χ0v) is 11.5. The number of hydrogen-bond donors (Lipinski definition) is 2. The maximum Gasteiger partial charge on any atom is 0.251 e. The molecule has 0 aromatic heterocycles. The van der Waals surface area contributed by atoms with Crippen LogP contribution in [0.25, 0.3) is 0 Å². The third-order valence-corrected chi connectivity index (χ3v) is 3.13. The van der Waals surface area contributed by atoms with E-state index in [2.05, 4.69) is 11.4 Å². The number of benzene rings is 2. The van der Waals surface area contributed by atoms with Crippen LogP contribution in [0.4, 0.5) is 0 Å². The van der Waals surface area contributed by atoms with Crippen LogP contribution in [0.5, 0.6) is 5.75 Å². The van der Waals surface area contributed by atoms with Crippen molar-refractivity contribution >= 4 is 5.91 Å². The van der Waals surface area contributed by atoms with Gasteiger partial charge in [0.2, 0.25) is 0 Å². The first-order valence-corrected chi connectivity index (χ1v) is 6.71. The van der Waals surface area contributed by atoms with Crippen LogP contribution in [-0.4, -0.2) is 17.6 Å². The fourth-order valence-corrected chi connectivity index (χ4v) is 1.95. The number of carbonyl (C=O) groups is 1. The Balaban J connectivity index is 1.84. The minimum atomic E-state index is -0.128. The summed E-state index contributed by atoms with van der Waals surface area (Å²) in [5, 5.41) is 20.6. The van der Waals surface area contributed by atoms with Gasteiger partial charge in [-0.1, -0.05) is 24.3 Å². The molecule has 4 nitrogen and oxygen atoms in total. The minimum absolute atomic E-state index is 0.128. The van der Waals surface area contributed by atoms with E-state index in [4.69, 9.17) is 5.26 Å². The zero-order chi connectivity index (χ0) is 15.1. The predicted octanol–water partition coefficient (Wildman–Crippen LogP) is 2.43. The molecule has 106 valence electrons. The Bertz CT molecular complexity index is 640. The van der Waals surface area contributed by atoms with E-state index in [-0.39, 0.29) is 11.7 Å². The number of amides is 1. The van der Waals surface area contributed by atoms with Gasteiger partial charge in [0.25, 0.3) is 5.91 Å². The van der Waals surface area contributed by atoms with Crippen LogP contribution in [0.15, 0.2) is 48.5 Å². The summed E-state index contributed by atoms with van der Waals surface area (Å²) in [5.74, 6) is 0.109. The second-order valence-electron chi connectivity index (χ2n) is 4.70. The quantitative estimate of drug-likeness (QED) is 0.883. The molecule has 2 aromatic carbocycles. The number of nitrogens with zero attached hydrogens (tertiary/aromatic N) is 1. The number of carbonyl (C=O) groups excluding carboxylic acids is 1. The van der Waals surface area contributed by atoms with Crippen molar-refractivity contribution in [3.8, 4) is 11.8 Å². The van der Waals surface area contributed by atoms with Crippen molar-refractivity contribution < 1.29 is 9.90 Å². The van der Waals surface area contributed by atoms with Gasteiger partial charge in [-0.05, 0) is 41.8 Å². The van der Waals surface area contributed by atoms with Gasteiger partial charge < -0.3 is 10.4 Å². The molecule has 0 heterocycles. The van der Waals surface area contributed by atoms with Crippen molar-refractivity contribution in [3.63, 3.8) is 0 Å². The van der Waals surface area contributed by atoms with Crippen LogP contribution in [0.3, 0.4) is 0 Å². The van der Waals surface area contributed by atoms with Crippen LogP contribution >= 0.6 is 0 Å². The molecule has 0 saturated heterocycles. The molecular formula is C17H16N2O2. The summed E-state index contributed by atoms with van der Waals surface area (Å²) in [7, 11) is 0. The summed E-state index contributed by atoms with van der Waals surface area (Å²) in [5.41, 5.74) is 2.54. The molecule has 0 fully saturated rings. The second kappa shape index (κ2) is 7.11. The molecule has 0 radical (unpaired) electrons. The molecule has 0 aliphatic heterocycles. The van der Waals surface area contributed by atoms with Gasteiger partial charge in [0.1, 0.15) is 5.75 Å². The van der Waals surface area contributed by atoms with Crippen molar-refractivity contribution in [3.05, 3.63) is 65.2 Å². The third kappa shape index (κ3) is 4.36. The number of phenols is 1. The highest BCUT2D eigenvalue weighted by Gasteiger charge is 2.04. The van der Waals surface area contributed by atoms with Crippen molar-refractivity contribution in [2.24, 2.45) is 0 Å². The topological polar surface area (TPSA) is 73.1 Å². The second-order valence-corrected chi connectivity index (χ2v) is 4.70. The molecule has 2 aromatic rings. The summed E-state index contributed by atoms with van der Waals surface area (Å²) < 4.78 is 0. The molecule has 0 unspecified atom stereocenters. The van der Waals surface area contributed by atoms with Gasteiger partial charge in [-0.2, -0.15) is 5.26 Å². The Hall–Kier alpha value is -2.80. The number of nitrogens with one attached hydrogen (secondary N) is 1. The summed E-state index contributed by atoms with van der Waals surface area (Å²) in [6.07, 6.45) is 1.06. The Kier molecular flexibility index (Phi) is 4.94. The summed E-state index contributed by atoms with van der Waals surface area (Å²) >= 11 is 0. The van der Waals surface area contributed by atoms with E-state index < -0.39 is 0 Å². The summed E-state index contributed by atoms with van der Waals surface area (Å²) in [4.78, 5) is 11.9. The summed E-state index contributed by atoms with van der Waals surface area (Å²) in [6, 6.07) is 16.0. The normalized spacial score (nSPS) is 9.86. The lowest BCUT2D eigenvalue weighted by Crippen LogP contribution is -2.25. The monoisotopic (exact) mass is 280 g/mol. The van der Waals surface area contributed by atoms with Gasteiger partial charge in [0, 0.05) is 12.1 Å². The molecule has 0 aliphatic rings. The molecule has 4 heteroatoms. The van der Waals surface area contributed by atoms with Gasteiger partial charge in [-0.25, -0.2) is 0 Å². The maximum atomic E-state index is 11.9. The highest BCUT2D eigenvalue weighted by atomic mass is 16.3. The molecule has 2 rings (SSSR count). The Morgan fingerprint density at radius 2 is 1.67 bits per heavy atom. The third-order valence-electron chi connectivity index (χ3n) is 3.13. The van der Waals surface area contributed by atoms with Gasteiger partial charge in [0.05, 0.1) is 12.5 Å². The molecule has 2 N–H and O–H groups in total. The van der Waals surface area contributed by atoms with Crippen LogP contribution in [0.1, 0.15) is 21.5 Å². The maximum absolute atomic E-state index is 11.9. The fourth-order valence-electron chi connectivity index (χ4n) is 1.95. The van der Waals surface area contributed by atoms with E-state index >= 15 is 0 Å². The van der Waals surface area contributed by atoms with E-state index in [1.165, 1.54) is 0 Å². The highest BCUT2D eigenvalue weighted by molar-refractivity contribution is 5.94. The first-order chi connectivity index (χ1) is 10.2. The minimum Gasteiger partial charge on any atom is -0.508 e. The number of rotatable bonds is 5. The van der Waals surface area contributed by atoms with Gasteiger partial charge in [-0.3, -0.25) is 4.79 Å². The standard InChI is InChI=1S/C17H16N2O2/c18-11-9-13-1-5-15(6-2-13)17(21)19-12-10-14-3-7-16(20)8-4-14/h1-8,20H,9-10,12H2,(H,19,21). The van der Waals surface area contributed by atoms with Gasteiger partial charge in [-0.15, -0.1) is 0 Å². The van der Waals surface area contributed by atoms with Gasteiger partial charge in [0.15, 0.2) is 0 Å². The van der Waals surface area contributed by atoms with Gasteiger partial charge >= 0.3 is 0 Å². The zero-order valence-electron chi connectivity index (χ0n) is 11.5. The Morgan fingerprint density at radius 3 is 2.29 bits per heavy atom. The number of phenolic OH excluding ortho intramolecular Hbond substituents is 1. The lowest BCUT2D eigenvalue weighted by atomic mass is 10.1. The van der Waals surface area contributed by atoms with E-state index in [1.54, 1.807) is 36.4 Å². The molecule has 0 bridgehead atoms. The highest BCUT2D eigenvalue weighted by Crippen LogP contribution is 2.10. The van der Waals surface area contributed by atoms with Crippen molar-refractivity contribution in [2.45, 2.75) is 12.8 Å². The van der Waals surface area contributed by atoms with E-state index in [0.717, 1.165) is 11.1 Å². The van der Waals surface area contributed by atoms with Crippen LogP contribution in [0, 0.1) is 11.3 Å². The lowest BCUT2D eigenvalue weighted by Gasteiger charge is -2.06. The smallest absolute Gasteiger partial charge is 0.251 e. The first-order valence-electron chi connectivity index (χ1n) is 6.71. The average molecular weight is 280 g/mol. The molecule has 0 atom stereocenters. The average Bonchev–Trinajstić information content (AvgIpc) is 2.50. The first kappa shape index (κ1) is 14.6. The van der Waals surface area contributed by atoms with Crippen LogP contribution < -0.4 is 5.32 Å². The predicted molar refractivity (Wildman–Crippen MR) is 79.9 cm³/mol. The largest absolute Gasteiger partial charge is 0.508 e. The van der Waals surface area contributed by atoms with E-state index in [1.807, 2.05) is 12.1 Å². The van der Waals surface area contributed by atoms with E-state index in [0.29, 0.717) is 24.9 Å². The number of nitriles is 1. The molecule has 0 spiro atoms. The Morgan fingerprint density at radius 1 is 1.05 bits per heavy atom. The molecule has 0 aliphatic carbocycles. The molecular weight excluding hydrogens is 264 g/mol. The lowest BCUT2D eigenvalue weighted by molar-refractivity contribution is 0.0954. The van der Waals surface area contributed by atoms with Crippen molar-refractivity contribution in [1.82, 2.24) is 5.32 Å². The van der Waals surface area contributed by atoms with Crippen molar-refractivity contribution in [2.75, 3.05) is 6.54 Å². The molecule has 0 saturated carbocycles. The number of aromatic hydroxyl groups is 1. The Labute approximate surface area is 123 Å². The molecule has 21 heavy (non-hydrogen) atoms.